The Morgan fingerprint density at radius 1 is 1.19 bits per heavy atom. The van der Waals surface area contributed by atoms with Gasteiger partial charge in [-0.25, -0.2) is 4.68 Å². The fourth-order valence-electron chi connectivity index (χ4n) is 2.00. The topological polar surface area (TPSA) is 30.7 Å². The van der Waals surface area contributed by atoms with Crippen molar-refractivity contribution in [3.8, 4) is 0 Å². The van der Waals surface area contributed by atoms with Crippen LogP contribution < -0.4 is 0 Å². The van der Waals surface area contributed by atoms with Crippen LogP contribution in [-0.2, 0) is 6.54 Å². The highest BCUT2D eigenvalue weighted by atomic mass is 15.4. The van der Waals surface area contributed by atoms with Gasteiger partial charge < -0.3 is 0 Å². The maximum atomic E-state index is 4.20. The second kappa shape index (κ2) is 4.47. The number of hydrogen-bond acceptors (Lipinski definition) is 2. The molecule has 0 spiro atoms. The molecule has 0 atom stereocenters. The third-order valence-corrected chi connectivity index (χ3v) is 2.67. The van der Waals surface area contributed by atoms with E-state index in [9.17, 15) is 0 Å². The van der Waals surface area contributed by atoms with Crippen LogP contribution in [-0.4, -0.2) is 15.0 Å². The summed E-state index contributed by atoms with van der Waals surface area (Å²) in [6.45, 7) is 7.17. The van der Waals surface area contributed by atoms with Gasteiger partial charge in [-0.2, -0.15) is 0 Å². The number of hydrogen-bond donors (Lipinski definition) is 0. The average molecular weight is 215 g/mol. The summed E-state index contributed by atoms with van der Waals surface area (Å²) in [6.07, 6.45) is 0. The zero-order valence-corrected chi connectivity index (χ0v) is 10.0. The van der Waals surface area contributed by atoms with Gasteiger partial charge >= 0.3 is 0 Å². The van der Waals surface area contributed by atoms with Crippen molar-refractivity contribution in [1.82, 2.24) is 15.0 Å². The van der Waals surface area contributed by atoms with Crippen molar-refractivity contribution in [3.05, 3.63) is 47.3 Å². The number of aryl methyl sites for hydroxylation is 1. The minimum atomic E-state index is 0.457. The van der Waals surface area contributed by atoms with Crippen LogP contribution in [0.1, 0.15) is 36.7 Å². The molecule has 0 unspecified atom stereocenters. The van der Waals surface area contributed by atoms with E-state index < -0.39 is 0 Å². The first-order valence-corrected chi connectivity index (χ1v) is 5.62. The number of rotatable bonds is 3. The van der Waals surface area contributed by atoms with E-state index in [1.54, 1.807) is 0 Å². The Labute approximate surface area is 96.1 Å². The molecule has 2 aromatic rings. The third-order valence-electron chi connectivity index (χ3n) is 2.67. The van der Waals surface area contributed by atoms with Crippen molar-refractivity contribution in [2.24, 2.45) is 0 Å². The summed E-state index contributed by atoms with van der Waals surface area (Å²) in [5.41, 5.74) is 3.52. The Morgan fingerprint density at radius 3 is 2.50 bits per heavy atom. The summed E-state index contributed by atoms with van der Waals surface area (Å²) in [6, 6.07) is 10.4. The first-order chi connectivity index (χ1) is 7.68. The Balaban J connectivity index is 2.29. The summed E-state index contributed by atoms with van der Waals surface area (Å²) >= 11 is 0. The zero-order chi connectivity index (χ0) is 11.5. The van der Waals surface area contributed by atoms with Gasteiger partial charge in [0.2, 0.25) is 0 Å². The van der Waals surface area contributed by atoms with Gasteiger partial charge in [0, 0.05) is 0 Å². The fraction of sp³-hybridized carbons (Fsp3) is 0.385. The van der Waals surface area contributed by atoms with Gasteiger partial charge in [0.1, 0.15) is 0 Å². The minimum absolute atomic E-state index is 0.457. The predicted molar refractivity (Wildman–Crippen MR) is 64.4 cm³/mol. The van der Waals surface area contributed by atoms with Crippen molar-refractivity contribution >= 4 is 0 Å². The molecule has 0 aliphatic rings. The molecule has 0 radical (unpaired) electrons. The van der Waals surface area contributed by atoms with E-state index in [2.05, 4.69) is 36.3 Å². The van der Waals surface area contributed by atoms with E-state index in [-0.39, 0.29) is 0 Å². The molecule has 84 valence electrons. The standard InChI is InChI=1S/C13H17N3/c1-10(2)13-11(3)14-15-16(13)9-12-7-5-4-6-8-12/h4-8,10H,9H2,1-3H3. The molecule has 0 aliphatic carbocycles. The highest BCUT2D eigenvalue weighted by molar-refractivity contribution is 5.18. The normalized spacial score (nSPS) is 11.0. The number of benzene rings is 1. The molecule has 0 aliphatic heterocycles. The molecule has 0 bridgehead atoms. The van der Waals surface area contributed by atoms with Crippen LogP contribution in [0.4, 0.5) is 0 Å². The van der Waals surface area contributed by atoms with Crippen molar-refractivity contribution in [3.63, 3.8) is 0 Å². The van der Waals surface area contributed by atoms with E-state index in [0.717, 1.165) is 12.2 Å². The van der Waals surface area contributed by atoms with Crippen LogP contribution >= 0.6 is 0 Å². The lowest BCUT2D eigenvalue weighted by Gasteiger charge is -2.09. The summed E-state index contributed by atoms with van der Waals surface area (Å²) in [7, 11) is 0. The molecule has 0 saturated carbocycles. The summed E-state index contributed by atoms with van der Waals surface area (Å²) in [4.78, 5) is 0. The minimum Gasteiger partial charge on any atom is -0.244 e. The highest BCUT2D eigenvalue weighted by Crippen LogP contribution is 2.17. The fourth-order valence-corrected chi connectivity index (χ4v) is 2.00. The van der Waals surface area contributed by atoms with Crippen molar-refractivity contribution in [2.45, 2.75) is 33.2 Å². The van der Waals surface area contributed by atoms with Gasteiger partial charge in [0.05, 0.1) is 17.9 Å². The molecule has 0 amide bonds. The van der Waals surface area contributed by atoms with E-state index in [4.69, 9.17) is 0 Å². The van der Waals surface area contributed by atoms with Crippen LogP contribution in [0.3, 0.4) is 0 Å². The lowest BCUT2D eigenvalue weighted by molar-refractivity contribution is 0.597. The summed E-state index contributed by atoms with van der Waals surface area (Å²) in [5.74, 6) is 0.457. The van der Waals surface area contributed by atoms with Crippen LogP contribution in [0.2, 0.25) is 0 Å². The number of nitrogens with zero attached hydrogens (tertiary/aromatic N) is 3. The van der Waals surface area contributed by atoms with E-state index >= 15 is 0 Å². The van der Waals surface area contributed by atoms with Crippen LogP contribution in [0.5, 0.6) is 0 Å². The second-order valence-electron chi connectivity index (χ2n) is 4.36. The van der Waals surface area contributed by atoms with Crippen molar-refractivity contribution in [1.29, 1.82) is 0 Å². The summed E-state index contributed by atoms with van der Waals surface area (Å²) < 4.78 is 2.00. The van der Waals surface area contributed by atoms with Gasteiger partial charge in [-0.1, -0.05) is 49.4 Å². The molecular weight excluding hydrogens is 198 g/mol. The van der Waals surface area contributed by atoms with Crippen molar-refractivity contribution < 1.29 is 0 Å². The molecule has 0 N–H and O–H groups in total. The molecule has 0 saturated heterocycles. The molecule has 1 aromatic carbocycles. The largest absolute Gasteiger partial charge is 0.244 e. The predicted octanol–water partition coefficient (Wildman–Crippen LogP) is 2.76. The zero-order valence-electron chi connectivity index (χ0n) is 10.0. The number of aromatic nitrogens is 3. The average Bonchev–Trinajstić information content (AvgIpc) is 2.61. The SMILES string of the molecule is Cc1nnn(Cc2ccccc2)c1C(C)C. The first-order valence-electron chi connectivity index (χ1n) is 5.62. The summed E-state index contributed by atoms with van der Waals surface area (Å²) in [5, 5.41) is 8.35. The molecular formula is C13H17N3. The Bertz CT molecular complexity index is 457. The Hall–Kier alpha value is -1.64. The monoisotopic (exact) mass is 215 g/mol. The third kappa shape index (κ3) is 2.13. The molecule has 16 heavy (non-hydrogen) atoms. The maximum Gasteiger partial charge on any atom is 0.0831 e. The molecule has 1 heterocycles. The molecule has 3 nitrogen and oxygen atoms in total. The van der Waals surface area contributed by atoms with Gasteiger partial charge in [0.15, 0.2) is 0 Å². The first kappa shape index (κ1) is 10.9. The van der Waals surface area contributed by atoms with Gasteiger partial charge in [-0.05, 0) is 18.4 Å². The van der Waals surface area contributed by atoms with Crippen LogP contribution in [0, 0.1) is 6.92 Å². The lowest BCUT2D eigenvalue weighted by Crippen LogP contribution is -2.08. The maximum absolute atomic E-state index is 4.20. The van der Waals surface area contributed by atoms with Crippen molar-refractivity contribution in [2.75, 3.05) is 0 Å². The molecule has 2 rings (SSSR count). The Kier molecular flexibility index (Phi) is 3.04. The second-order valence-corrected chi connectivity index (χ2v) is 4.36. The molecule has 0 fully saturated rings. The smallest absolute Gasteiger partial charge is 0.0831 e. The van der Waals surface area contributed by atoms with Crippen LogP contribution in [0.15, 0.2) is 30.3 Å². The van der Waals surface area contributed by atoms with E-state index in [1.807, 2.05) is 29.8 Å². The highest BCUT2D eigenvalue weighted by Gasteiger charge is 2.12. The van der Waals surface area contributed by atoms with Crippen LogP contribution in [0.25, 0.3) is 0 Å². The quantitative estimate of drug-likeness (QED) is 0.788. The molecule has 3 heteroatoms. The Morgan fingerprint density at radius 2 is 1.88 bits per heavy atom. The molecule has 1 aromatic heterocycles. The van der Waals surface area contributed by atoms with E-state index in [1.165, 1.54) is 11.3 Å². The van der Waals surface area contributed by atoms with Gasteiger partial charge in [-0.3, -0.25) is 0 Å². The van der Waals surface area contributed by atoms with Gasteiger partial charge in [-0.15, -0.1) is 5.10 Å². The van der Waals surface area contributed by atoms with Gasteiger partial charge in [0.25, 0.3) is 0 Å². The lowest BCUT2D eigenvalue weighted by atomic mass is 10.1. The van der Waals surface area contributed by atoms with E-state index in [0.29, 0.717) is 5.92 Å².